The van der Waals surface area contributed by atoms with Gasteiger partial charge < -0.3 is 10.1 Å². The molecular weight excluding hydrogens is 253 g/mol. The molecule has 0 radical (unpaired) electrons. The maximum absolute atomic E-state index is 13.1. The minimum absolute atomic E-state index is 0.219. The van der Waals surface area contributed by atoms with Gasteiger partial charge >= 0.3 is 5.97 Å². The van der Waals surface area contributed by atoms with Crippen molar-refractivity contribution in [1.82, 2.24) is 14.8 Å². The van der Waals surface area contributed by atoms with Gasteiger partial charge in [-0.05, 0) is 18.2 Å². The van der Waals surface area contributed by atoms with Crippen LogP contribution in [0, 0.1) is 5.82 Å². The van der Waals surface area contributed by atoms with E-state index in [0.717, 1.165) is 4.68 Å². The Labute approximate surface area is 105 Å². The minimum atomic E-state index is -1.16. The monoisotopic (exact) mass is 261 g/mol. The molecular formula is C12H8FN3O3. The number of nitrogens with zero attached hydrogens (tertiary/aromatic N) is 2. The first-order chi connectivity index (χ1) is 9.06. The van der Waals surface area contributed by atoms with Gasteiger partial charge in [0.25, 0.3) is 5.56 Å². The topological polar surface area (TPSA) is 88.0 Å². The lowest BCUT2D eigenvalue weighted by molar-refractivity contribution is -0.137. The molecule has 0 aliphatic rings. The van der Waals surface area contributed by atoms with Gasteiger partial charge in [-0.15, -0.1) is 0 Å². The zero-order chi connectivity index (χ0) is 13.6. The molecule has 0 atom stereocenters. The molecule has 2 N–H and O–H groups in total. The van der Waals surface area contributed by atoms with Crippen LogP contribution in [0.2, 0.25) is 0 Å². The van der Waals surface area contributed by atoms with Crippen LogP contribution in [0.5, 0.6) is 0 Å². The number of carboxylic acid groups (broad SMARTS) is 1. The van der Waals surface area contributed by atoms with Gasteiger partial charge in [0.05, 0.1) is 6.20 Å². The van der Waals surface area contributed by atoms with Crippen molar-refractivity contribution in [3.05, 3.63) is 40.6 Å². The Balaban J connectivity index is 2.34. The molecule has 0 unspecified atom stereocenters. The number of halogens is 1. The fourth-order valence-corrected chi connectivity index (χ4v) is 2.04. The van der Waals surface area contributed by atoms with Crippen LogP contribution in [0.3, 0.4) is 0 Å². The molecule has 0 fully saturated rings. The van der Waals surface area contributed by atoms with E-state index in [-0.39, 0.29) is 5.52 Å². The summed E-state index contributed by atoms with van der Waals surface area (Å²) in [5.74, 6) is -1.58. The molecule has 2 aromatic heterocycles. The molecule has 0 spiro atoms. The first kappa shape index (κ1) is 11.4. The highest BCUT2D eigenvalue weighted by Crippen LogP contribution is 2.22. The van der Waals surface area contributed by atoms with E-state index >= 15 is 0 Å². The maximum Gasteiger partial charge on any atom is 0.325 e. The number of aliphatic carboxylic acids is 1. The van der Waals surface area contributed by atoms with Gasteiger partial charge in [-0.3, -0.25) is 9.59 Å². The number of aromatic nitrogens is 3. The highest BCUT2D eigenvalue weighted by atomic mass is 19.1. The number of benzene rings is 1. The molecule has 7 heteroatoms. The van der Waals surface area contributed by atoms with Crippen molar-refractivity contribution >= 4 is 27.8 Å². The summed E-state index contributed by atoms with van der Waals surface area (Å²) in [4.78, 5) is 25.4. The van der Waals surface area contributed by atoms with Gasteiger partial charge in [0.15, 0.2) is 0 Å². The summed E-state index contributed by atoms with van der Waals surface area (Å²) in [6.45, 7) is -0.515. The fourth-order valence-electron chi connectivity index (χ4n) is 2.04. The van der Waals surface area contributed by atoms with Gasteiger partial charge in [-0.2, -0.15) is 5.10 Å². The first-order valence-electron chi connectivity index (χ1n) is 5.45. The molecule has 3 rings (SSSR count). The Morgan fingerprint density at radius 2 is 2.21 bits per heavy atom. The van der Waals surface area contributed by atoms with Crippen LogP contribution in [0.1, 0.15) is 0 Å². The van der Waals surface area contributed by atoms with Crippen LogP contribution >= 0.6 is 0 Å². The van der Waals surface area contributed by atoms with Crippen LogP contribution in [-0.4, -0.2) is 25.8 Å². The van der Waals surface area contributed by atoms with Crippen molar-refractivity contribution in [1.29, 1.82) is 0 Å². The Hall–Kier alpha value is -2.70. The quantitative estimate of drug-likeness (QED) is 0.723. The number of H-pyrrole nitrogens is 1. The zero-order valence-electron chi connectivity index (χ0n) is 9.55. The van der Waals surface area contributed by atoms with Gasteiger partial charge in [0, 0.05) is 16.3 Å². The number of carbonyl (C=O) groups is 1. The van der Waals surface area contributed by atoms with Crippen molar-refractivity contribution in [3.63, 3.8) is 0 Å². The second-order valence-electron chi connectivity index (χ2n) is 4.10. The number of hydrogen-bond donors (Lipinski definition) is 2. The largest absolute Gasteiger partial charge is 0.480 e. The van der Waals surface area contributed by atoms with Crippen molar-refractivity contribution < 1.29 is 14.3 Å². The summed E-state index contributed by atoms with van der Waals surface area (Å²) in [5, 5.41) is 13.7. The zero-order valence-corrected chi connectivity index (χ0v) is 9.55. The molecule has 1 aromatic carbocycles. The van der Waals surface area contributed by atoms with E-state index in [1.165, 1.54) is 18.3 Å². The third-order valence-electron chi connectivity index (χ3n) is 2.86. The van der Waals surface area contributed by atoms with Crippen LogP contribution in [0.15, 0.2) is 29.2 Å². The highest BCUT2D eigenvalue weighted by molar-refractivity contribution is 6.06. The van der Waals surface area contributed by atoms with Gasteiger partial charge in [0.2, 0.25) is 0 Å². The highest BCUT2D eigenvalue weighted by Gasteiger charge is 2.12. The third kappa shape index (κ3) is 1.75. The molecule has 19 heavy (non-hydrogen) atoms. The predicted octanol–water partition coefficient (Wildman–Crippen LogP) is 1.10. The lowest BCUT2D eigenvalue weighted by Crippen LogP contribution is -2.26. The normalized spacial score (nSPS) is 11.2. The van der Waals surface area contributed by atoms with E-state index in [0.29, 0.717) is 16.3 Å². The number of carboxylic acids is 1. The van der Waals surface area contributed by atoms with Crippen molar-refractivity contribution in [2.24, 2.45) is 0 Å². The SMILES string of the molecule is O=C(O)Cn1ncc2c([nH]c3cc(F)ccc32)c1=O. The lowest BCUT2D eigenvalue weighted by Gasteiger charge is -1.99. The van der Waals surface area contributed by atoms with Crippen LogP contribution in [0.25, 0.3) is 21.8 Å². The molecule has 0 amide bonds. The Morgan fingerprint density at radius 3 is 2.95 bits per heavy atom. The predicted molar refractivity (Wildman–Crippen MR) is 65.5 cm³/mol. The molecule has 6 nitrogen and oxygen atoms in total. The number of fused-ring (bicyclic) bond motifs is 3. The molecule has 0 saturated carbocycles. The number of nitrogens with one attached hydrogen (secondary N) is 1. The number of rotatable bonds is 2. The summed E-state index contributed by atoms with van der Waals surface area (Å²) in [7, 11) is 0. The summed E-state index contributed by atoms with van der Waals surface area (Å²) in [6, 6.07) is 4.11. The van der Waals surface area contributed by atoms with Crippen molar-refractivity contribution in [2.75, 3.05) is 0 Å². The Bertz CT molecular complexity index is 866. The summed E-state index contributed by atoms with van der Waals surface area (Å²) >= 11 is 0. The van der Waals surface area contributed by atoms with Crippen LogP contribution in [0.4, 0.5) is 4.39 Å². The molecule has 3 aromatic rings. The standard InChI is InChI=1S/C12H8FN3O3/c13-6-1-2-7-8-4-14-16(5-10(17)18)12(19)11(8)15-9(7)3-6/h1-4,15H,5H2,(H,17,18). The number of aromatic amines is 1. The third-order valence-corrected chi connectivity index (χ3v) is 2.86. The molecule has 0 aliphatic carbocycles. The average Bonchev–Trinajstić information content (AvgIpc) is 2.70. The number of hydrogen-bond acceptors (Lipinski definition) is 3. The van der Waals surface area contributed by atoms with E-state index in [2.05, 4.69) is 10.1 Å². The molecule has 0 saturated heterocycles. The van der Waals surface area contributed by atoms with E-state index in [9.17, 15) is 14.0 Å². The molecule has 2 heterocycles. The summed E-state index contributed by atoms with van der Waals surface area (Å²) in [6.07, 6.45) is 1.40. The van der Waals surface area contributed by atoms with Crippen molar-refractivity contribution in [3.8, 4) is 0 Å². The minimum Gasteiger partial charge on any atom is -0.480 e. The van der Waals surface area contributed by atoms with E-state index in [1.54, 1.807) is 6.07 Å². The van der Waals surface area contributed by atoms with E-state index in [1.807, 2.05) is 0 Å². The lowest BCUT2D eigenvalue weighted by atomic mass is 10.2. The smallest absolute Gasteiger partial charge is 0.325 e. The average molecular weight is 261 g/mol. The van der Waals surface area contributed by atoms with Crippen molar-refractivity contribution in [2.45, 2.75) is 6.54 Å². The van der Waals surface area contributed by atoms with Gasteiger partial charge in [0.1, 0.15) is 17.9 Å². The Kier molecular flexibility index (Phi) is 2.34. The second kappa shape index (κ2) is 3.91. The molecule has 0 bridgehead atoms. The van der Waals surface area contributed by atoms with E-state index < -0.39 is 23.9 Å². The summed E-state index contributed by atoms with van der Waals surface area (Å²) < 4.78 is 14.0. The Morgan fingerprint density at radius 1 is 1.42 bits per heavy atom. The molecule has 96 valence electrons. The van der Waals surface area contributed by atoms with Crippen LogP contribution < -0.4 is 5.56 Å². The maximum atomic E-state index is 13.1. The van der Waals surface area contributed by atoms with Gasteiger partial charge in [-0.25, -0.2) is 9.07 Å². The van der Waals surface area contributed by atoms with E-state index in [4.69, 9.17) is 5.11 Å². The summed E-state index contributed by atoms with van der Waals surface area (Å²) in [5.41, 5.74) is 0.148. The van der Waals surface area contributed by atoms with Crippen LogP contribution in [-0.2, 0) is 11.3 Å². The second-order valence-corrected chi connectivity index (χ2v) is 4.10. The van der Waals surface area contributed by atoms with Gasteiger partial charge in [-0.1, -0.05) is 0 Å². The first-order valence-corrected chi connectivity index (χ1v) is 5.45. The fraction of sp³-hybridized carbons (Fsp3) is 0.0833. The molecule has 0 aliphatic heterocycles.